The predicted molar refractivity (Wildman–Crippen MR) is 299 cm³/mol. The Hall–Kier alpha value is -9.24. The molecule has 0 unspecified atom stereocenters. The Labute approximate surface area is 403 Å². The Morgan fingerprint density at radius 3 is 1.07 bits per heavy atom. The average molecular weight is 885 g/mol. The maximum absolute atomic E-state index is 5.65. The Kier molecular flexibility index (Phi) is 8.39. The number of nitrogens with zero attached hydrogens (tertiary/aromatic N) is 2. The fourth-order valence-corrected chi connectivity index (χ4v) is 11.8. The van der Waals surface area contributed by atoms with Gasteiger partial charge >= 0.3 is 0 Å². The SMILES string of the molecule is c1ccc2c(c1)nc(-c1ccc(-c3cc(-c4ccc5c6ccccc6c6ccccc6c5c4)c4cc(-c5ccc6c7ccccc7c7ccccc7c6c5)c5ccccc5c4n3)cc1)c1ccccc12. The lowest BCUT2D eigenvalue weighted by atomic mass is 9.87. The zero-order valence-corrected chi connectivity index (χ0v) is 38.0. The maximum atomic E-state index is 5.65. The minimum atomic E-state index is 0.927. The molecule has 0 aliphatic carbocycles. The van der Waals surface area contributed by atoms with Crippen LogP contribution < -0.4 is 0 Å². The molecule has 15 rings (SSSR count). The van der Waals surface area contributed by atoms with Crippen molar-refractivity contribution in [2.24, 2.45) is 0 Å². The van der Waals surface area contributed by atoms with Gasteiger partial charge in [-0.3, -0.25) is 0 Å². The Morgan fingerprint density at radius 1 is 0.200 bits per heavy atom. The van der Waals surface area contributed by atoms with Gasteiger partial charge in [-0.15, -0.1) is 0 Å². The minimum absolute atomic E-state index is 0.927. The fraction of sp³-hybridized carbons (Fsp3) is 0. The van der Waals surface area contributed by atoms with Gasteiger partial charge in [0.25, 0.3) is 0 Å². The number of fused-ring (bicyclic) bond motifs is 18. The summed E-state index contributed by atoms with van der Waals surface area (Å²) in [6, 6.07) is 89.0. The molecule has 0 aliphatic heterocycles. The van der Waals surface area contributed by atoms with Gasteiger partial charge in [0.05, 0.1) is 22.4 Å². The van der Waals surface area contributed by atoms with E-state index in [9.17, 15) is 0 Å². The van der Waals surface area contributed by atoms with E-state index in [0.717, 1.165) is 60.8 Å². The first-order valence-corrected chi connectivity index (χ1v) is 24.1. The molecule has 0 fully saturated rings. The van der Waals surface area contributed by atoms with Gasteiger partial charge in [-0.1, -0.05) is 212 Å². The van der Waals surface area contributed by atoms with Crippen molar-refractivity contribution in [1.82, 2.24) is 9.97 Å². The van der Waals surface area contributed by atoms with E-state index in [1.54, 1.807) is 0 Å². The van der Waals surface area contributed by atoms with Crippen molar-refractivity contribution in [3.63, 3.8) is 0 Å². The number of pyridine rings is 2. The standard InChI is InChI=1S/C68H40N2/c1-3-19-49-45(15-1)47-17-5-7-21-51(47)62-37-43(33-35-55(49)62)60-39-64-61(44-34-36-56-50-20-4-2-16-46(50)48-18-6-8-22-52(48)63(56)38-44)40-66(70-68(64)59-27-12-10-24-54(59)60)41-29-31-42(32-30-41)67-58-26-11-9-23-53(58)57-25-13-14-28-65(57)69-67/h1-40H. The lowest BCUT2D eigenvalue weighted by Gasteiger charge is -2.18. The monoisotopic (exact) mass is 884 g/mol. The Bertz CT molecular complexity index is 4630. The maximum Gasteiger partial charge on any atom is 0.0794 e. The summed E-state index contributed by atoms with van der Waals surface area (Å²) in [5.74, 6) is 0. The summed E-state index contributed by atoms with van der Waals surface area (Å²) in [4.78, 5) is 10.9. The van der Waals surface area contributed by atoms with Gasteiger partial charge in [-0.25, -0.2) is 9.97 Å². The third kappa shape index (κ3) is 5.81. The van der Waals surface area contributed by atoms with Gasteiger partial charge in [0.1, 0.15) is 0 Å². The topological polar surface area (TPSA) is 25.8 Å². The second-order valence-electron chi connectivity index (χ2n) is 18.7. The highest BCUT2D eigenvalue weighted by atomic mass is 14.7. The number of benzene rings is 13. The quantitative estimate of drug-likeness (QED) is 0.165. The van der Waals surface area contributed by atoms with Crippen LogP contribution in [0.15, 0.2) is 243 Å². The zero-order chi connectivity index (χ0) is 45.9. The molecule has 0 saturated heterocycles. The van der Waals surface area contributed by atoms with Crippen LogP contribution in [-0.4, -0.2) is 9.97 Å². The van der Waals surface area contributed by atoms with E-state index >= 15 is 0 Å². The van der Waals surface area contributed by atoms with E-state index in [1.165, 1.54) is 91.9 Å². The Morgan fingerprint density at radius 2 is 0.557 bits per heavy atom. The van der Waals surface area contributed by atoms with Crippen molar-refractivity contribution in [3.05, 3.63) is 243 Å². The fourth-order valence-electron chi connectivity index (χ4n) is 11.8. The second-order valence-corrected chi connectivity index (χ2v) is 18.7. The smallest absolute Gasteiger partial charge is 0.0794 e. The average Bonchev–Trinajstić information content (AvgIpc) is 3.44. The van der Waals surface area contributed by atoms with Crippen LogP contribution in [0.1, 0.15) is 0 Å². The molecule has 70 heavy (non-hydrogen) atoms. The van der Waals surface area contributed by atoms with Crippen molar-refractivity contribution in [1.29, 1.82) is 0 Å². The van der Waals surface area contributed by atoms with E-state index in [4.69, 9.17) is 9.97 Å². The molecule has 15 aromatic rings. The number of hydrogen-bond acceptors (Lipinski definition) is 2. The summed E-state index contributed by atoms with van der Waals surface area (Å²) < 4.78 is 0. The van der Waals surface area contributed by atoms with Crippen LogP contribution in [0.3, 0.4) is 0 Å². The van der Waals surface area contributed by atoms with Gasteiger partial charge in [0.15, 0.2) is 0 Å². The van der Waals surface area contributed by atoms with Gasteiger partial charge in [0.2, 0.25) is 0 Å². The molecule has 0 radical (unpaired) electrons. The molecular formula is C68H40N2. The van der Waals surface area contributed by atoms with Crippen molar-refractivity contribution in [2.75, 3.05) is 0 Å². The molecule has 0 N–H and O–H groups in total. The van der Waals surface area contributed by atoms with Crippen molar-refractivity contribution < 1.29 is 0 Å². The lowest BCUT2D eigenvalue weighted by Crippen LogP contribution is -1.94. The molecule has 2 aromatic heterocycles. The van der Waals surface area contributed by atoms with Gasteiger partial charge in [-0.05, 0) is 128 Å². The van der Waals surface area contributed by atoms with E-state index in [0.29, 0.717) is 0 Å². The molecular weight excluding hydrogens is 845 g/mol. The van der Waals surface area contributed by atoms with Crippen LogP contribution in [-0.2, 0) is 0 Å². The van der Waals surface area contributed by atoms with Gasteiger partial charge in [0, 0.05) is 32.7 Å². The summed E-state index contributed by atoms with van der Waals surface area (Å²) >= 11 is 0. The van der Waals surface area contributed by atoms with E-state index in [1.807, 2.05) is 0 Å². The number of rotatable bonds is 4. The summed E-state index contributed by atoms with van der Waals surface area (Å²) in [6.07, 6.45) is 0. The summed E-state index contributed by atoms with van der Waals surface area (Å²) in [5, 5.41) is 22.1. The molecule has 2 nitrogen and oxygen atoms in total. The molecule has 0 spiro atoms. The van der Waals surface area contributed by atoms with Crippen LogP contribution in [0.25, 0.3) is 153 Å². The highest BCUT2D eigenvalue weighted by Crippen LogP contribution is 2.45. The normalized spacial score (nSPS) is 12.0. The Balaban J connectivity index is 0.986. The molecule has 2 heteroatoms. The van der Waals surface area contributed by atoms with E-state index < -0.39 is 0 Å². The summed E-state index contributed by atoms with van der Waals surface area (Å²) in [5.41, 5.74) is 10.7. The largest absolute Gasteiger partial charge is 0.247 e. The molecule has 0 saturated carbocycles. The van der Waals surface area contributed by atoms with Crippen LogP contribution in [0.2, 0.25) is 0 Å². The zero-order valence-electron chi connectivity index (χ0n) is 38.0. The minimum Gasteiger partial charge on any atom is -0.247 e. The number of para-hydroxylation sites is 1. The molecule has 2 heterocycles. The summed E-state index contributed by atoms with van der Waals surface area (Å²) in [7, 11) is 0. The van der Waals surface area contributed by atoms with Crippen LogP contribution in [0.4, 0.5) is 0 Å². The molecule has 322 valence electrons. The first kappa shape index (κ1) is 38.8. The molecule has 0 bridgehead atoms. The molecule has 13 aromatic carbocycles. The van der Waals surface area contributed by atoms with E-state index in [2.05, 4.69) is 243 Å². The predicted octanol–water partition coefficient (Wildman–Crippen LogP) is 18.7. The van der Waals surface area contributed by atoms with Crippen molar-refractivity contribution in [2.45, 2.75) is 0 Å². The van der Waals surface area contributed by atoms with Crippen LogP contribution in [0, 0.1) is 0 Å². The van der Waals surface area contributed by atoms with E-state index in [-0.39, 0.29) is 0 Å². The molecule has 0 amide bonds. The van der Waals surface area contributed by atoms with Crippen LogP contribution in [0.5, 0.6) is 0 Å². The third-order valence-electron chi connectivity index (χ3n) is 15.0. The number of hydrogen-bond donors (Lipinski definition) is 0. The van der Waals surface area contributed by atoms with Gasteiger partial charge < -0.3 is 0 Å². The van der Waals surface area contributed by atoms with Crippen molar-refractivity contribution >= 4 is 108 Å². The van der Waals surface area contributed by atoms with Crippen LogP contribution >= 0.6 is 0 Å². The first-order valence-electron chi connectivity index (χ1n) is 24.1. The van der Waals surface area contributed by atoms with Gasteiger partial charge in [-0.2, -0.15) is 0 Å². The highest BCUT2D eigenvalue weighted by Gasteiger charge is 2.19. The summed E-state index contributed by atoms with van der Waals surface area (Å²) in [6.45, 7) is 0. The van der Waals surface area contributed by atoms with Crippen molar-refractivity contribution in [3.8, 4) is 44.8 Å². The lowest BCUT2D eigenvalue weighted by molar-refractivity contribution is 1.40. The first-order chi connectivity index (χ1) is 34.7. The molecule has 0 aliphatic rings. The third-order valence-corrected chi connectivity index (χ3v) is 15.0. The number of aromatic nitrogens is 2. The highest BCUT2D eigenvalue weighted by molar-refractivity contribution is 6.28. The second kappa shape index (κ2) is 15.1. The molecule has 0 atom stereocenters.